The molecular weight excluding hydrogens is 368 g/mol. The summed E-state index contributed by atoms with van der Waals surface area (Å²) >= 11 is 7.73. The monoisotopic (exact) mass is 386 g/mol. The lowest BCUT2D eigenvalue weighted by atomic mass is 10.2. The highest BCUT2D eigenvalue weighted by molar-refractivity contribution is 7.18. The number of thiophene rings is 1. The Balaban J connectivity index is 1.50. The number of aryl methyl sites for hydroxylation is 1. The van der Waals surface area contributed by atoms with Crippen molar-refractivity contribution in [3.8, 4) is 0 Å². The van der Waals surface area contributed by atoms with Gasteiger partial charge in [0.15, 0.2) is 0 Å². The van der Waals surface area contributed by atoms with Crippen molar-refractivity contribution >= 4 is 44.9 Å². The molecule has 0 atom stereocenters. The van der Waals surface area contributed by atoms with Gasteiger partial charge < -0.3 is 9.80 Å². The minimum absolute atomic E-state index is 0.0313. The van der Waals surface area contributed by atoms with E-state index in [9.17, 15) is 4.79 Å². The molecule has 0 unspecified atom stereocenters. The third-order valence-electron chi connectivity index (χ3n) is 4.65. The van der Waals surface area contributed by atoms with E-state index in [4.69, 9.17) is 11.6 Å². The summed E-state index contributed by atoms with van der Waals surface area (Å²) in [6.07, 6.45) is 2.64. The van der Waals surface area contributed by atoms with Gasteiger partial charge in [-0.1, -0.05) is 24.6 Å². The highest BCUT2D eigenvalue weighted by Gasteiger charge is 2.24. The maximum atomic E-state index is 12.7. The molecule has 5 nitrogen and oxygen atoms in total. The Kier molecular flexibility index (Phi) is 4.78. The zero-order chi connectivity index (χ0) is 18.1. The summed E-state index contributed by atoms with van der Waals surface area (Å²) in [4.78, 5) is 28.1. The second-order valence-electron chi connectivity index (χ2n) is 6.27. The minimum atomic E-state index is 0.0313. The second kappa shape index (κ2) is 7.21. The second-order valence-corrected chi connectivity index (χ2v) is 7.82. The van der Waals surface area contributed by atoms with Gasteiger partial charge in [0.2, 0.25) is 0 Å². The summed E-state index contributed by atoms with van der Waals surface area (Å²) in [6.45, 7) is 5.01. The number of hydrogen-bond acceptors (Lipinski definition) is 5. The van der Waals surface area contributed by atoms with E-state index >= 15 is 0 Å². The zero-order valence-electron chi connectivity index (χ0n) is 14.5. The molecule has 1 amide bonds. The number of rotatable bonds is 3. The minimum Gasteiger partial charge on any atom is -0.352 e. The molecule has 1 saturated heterocycles. The first kappa shape index (κ1) is 17.2. The van der Waals surface area contributed by atoms with Gasteiger partial charge in [-0.05, 0) is 30.7 Å². The number of benzene rings is 1. The van der Waals surface area contributed by atoms with Gasteiger partial charge in [-0.3, -0.25) is 4.79 Å². The fraction of sp³-hybridized carbons (Fsp3) is 0.316. The molecule has 0 spiro atoms. The van der Waals surface area contributed by atoms with Crippen molar-refractivity contribution in [2.75, 3.05) is 31.1 Å². The molecule has 134 valence electrons. The standard InChI is InChI=1S/C19H19ClN4OS/c1-2-15-11-16-17(21-12-22-18(16)26-15)23-6-8-24(9-7-23)19(25)13-4-3-5-14(20)10-13/h3-5,10-12H,2,6-9H2,1H3. The number of anilines is 1. The average molecular weight is 387 g/mol. The normalized spacial score (nSPS) is 14.8. The lowest BCUT2D eigenvalue weighted by Crippen LogP contribution is -2.49. The molecule has 3 aromatic rings. The van der Waals surface area contributed by atoms with Crippen LogP contribution in [0.2, 0.25) is 5.02 Å². The van der Waals surface area contributed by atoms with Crippen molar-refractivity contribution < 1.29 is 4.79 Å². The van der Waals surface area contributed by atoms with E-state index in [0.717, 1.165) is 35.5 Å². The number of halogens is 1. The van der Waals surface area contributed by atoms with Crippen molar-refractivity contribution in [3.63, 3.8) is 0 Å². The van der Waals surface area contributed by atoms with Gasteiger partial charge in [-0.25, -0.2) is 9.97 Å². The van der Waals surface area contributed by atoms with Gasteiger partial charge in [0, 0.05) is 41.6 Å². The van der Waals surface area contributed by atoms with Crippen LogP contribution in [0.3, 0.4) is 0 Å². The Bertz CT molecular complexity index is 950. The smallest absolute Gasteiger partial charge is 0.254 e. The Labute approximate surface area is 161 Å². The van der Waals surface area contributed by atoms with Crippen molar-refractivity contribution in [1.29, 1.82) is 0 Å². The average Bonchev–Trinajstić information content (AvgIpc) is 3.11. The van der Waals surface area contributed by atoms with Crippen molar-refractivity contribution in [2.45, 2.75) is 13.3 Å². The summed E-state index contributed by atoms with van der Waals surface area (Å²) in [5.41, 5.74) is 0.640. The molecule has 1 aliphatic heterocycles. The van der Waals surface area contributed by atoms with E-state index in [1.165, 1.54) is 4.88 Å². The fourth-order valence-electron chi connectivity index (χ4n) is 3.24. The largest absolute Gasteiger partial charge is 0.352 e. The summed E-state index contributed by atoms with van der Waals surface area (Å²) < 4.78 is 0. The first-order valence-electron chi connectivity index (χ1n) is 8.69. The van der Waals surface area contributed by atoms with Crippen LogP contribution in [0, 0.1) is 0 Å². The molecule has 26 heavy (non-hydrogen) atoms. The van der Waals surface area contributed by atoms with Crippen LogP contribution in [0.15, 0.2) is 36.7 Å². The van der Waals surface area contributed by atoms with Gasteiger partial charge >= 0.3 is 0 Å². The summed E-state index contributed by atoms with van der Waals surface area (Å²) in [5.74, 6) is 1.00. The highest BCUT2D eigenvalue weighted by Crippen LogP contribution is 2.31. The Hall–Kier alpha value is -2.18. The van der Waals surface area contributed by atoms with Crippen LogP contribution in [0.5, 0.6) is 0 Å². The molecule has 0 saturated carbocycles. The van der Waals surface area contributed by atoms with Crippen molar-refractivity contribution in [2.24, 2.45) is 0 Å². The van der Waals surface area contributed by atoms with Crippen molar-refractivity contribution in [1.82, 2.24) is 14.9 Å². The number of aromatic nitrogens is 2. The summed E-state index contributed by atoms with van der Waals surface area (Å²) in [6, 6.07) is 9.32. The van der Waals surface area contributed by atoms with Gasteiger partial charge in [-0.15, -0.1) is 11.3 Å². The predicted molar refractivity (Wildman–Crippen MR) is 106 cm³/mol. The predicted octanol–water partition coefficient (Wildman–Crippen LogP) is 3.87. The van der Waals surface area contributed by atoms with Crippen LogP contribution in [-0.2, 0) is 6.42 Å². The third-order valence-corrected chi connectivity index (χ3v) is 6.07. The Morgan fingerprint density at radius 1 is 1.19 bits per heavy atom. The molecule has 2 aromatic heterocycles. The van der Waals surface area contributed by atoms with Crippen LogP contribution in [0.4, 0.5) is 5.82 Å². The zero-order valence-corrected chi connectivity index (χ0v) is 16.1. The van der Waals surface area contributed by atoms with Gasteiger partial charge in [0.25, 0.3) is 5.91 Å². The SMILES string of the molecule is CCc1cc2c(N3CCN(C(=O)c4cccc(Cl)c4)CC3)ncnc2s1. The molecule has 3 heterocycles. The molecule has 1 aliphatic rings. The summed E-state index contributed by atoms with van der Waals surface area (Å²) in [7, 11) is 0. The number of nitrogens with zero attached hydrogens (tertiary/aromatic N) is 4. The van der Waals surface area contributed by atoms with Crippen LogP contribution in [-0.4, -0.2) is 47.0 Å². The molecule has 0 bridgehead atoms. The number of piperazine rings is 1. The molecule has 0 aliphatic carbocycles. The van der Waals surface area contributed by atoms with E-state index in [0.29, 0.717) is 23.7 Å². The van der Waals surface area contributed by atoms with E-state index in [-0.39, 0.29) is 5.91 Å². The summed E-state index contributed by atoms with van der Waals surface area (Å²) in [5, 5.41) is 1.70. The lowest BCUT2D eigenvalue weighted by molar-refractivity contribution is 0.0746. The first-order valence-corrected chi connectivity index (χ1v) is 9.88. The molecular formula is C19H19ClN4OS. The number of amides is 1. The Morgan fingerprint density at radius 3 is 2.73 bits per heavy atom. The van der Waals surface area contributed by atoms with Crippen LogP contribution >= 0.6 is 22.9 Å². The van der Waals surface area contributed by atoms with Gasteiger partial charge in [0.1, 0.15) is 17.0 Å². The first-order chi connectivity index (χ1) is 12.7. The number of fused-ring (bicyclic) bond motifs is 1. The highest BCUT2D eigenvalue weighted by atomic mass is 35.5. The Morgan fingerprint density at radius 2 is 2.00 bits per heavy atom. The molecule has 7 heteroatoms. The maximum absolute atomic E-state index is 12.7. The van der Waals surface area contributed by atoms with E-state index < -0.39 is 0 Å². The van der Waals surface area contributed by atoms with Gasteiger partial charge in [-0.2, -0.15) is 0 Å². The number of carbonyl (C=O) groups is 1. The molecule has 4 rings (SSSR count). The maximum Gasteiger partial charge on any atom is 0.254 e. The quantitative estimate of drug-likeness (QED) is 0.685. The van der Waals surface area contributed by atoms with E-state index in [1.54, 1.807) is 29.8 Å². The lowest BCUT2D eigenvalue weighted by Gasteiger charge is -2.35. The van der Waals surface area contributed by atoms with E-state index in [2.05, 4.69) is 27.9 Å². The molecule has 0 radical (unpaired) electrons. The molecule has 0 N–H and O–H groups in total. The number of hydrogen-bond donors (Lipinski definition) is 0. The van der Waals surface area contributed by atoms with Crippen LogP contribution in [0.25, 0.3) is 10.2 Å². The molecule has 1 aromatic carbocycles. The van der Waals surface area contributed by atoms with Crippen LogP contribution < -0.4 is 4.90 Å². The van der Waals surface area contributed by atoms with Crippen molar-refractivity contribution in [3.05, 3.63) is 52.1 Å². The van der Waals surface area contributed by atoms with Gasteiger partial charge in [0.05, 0.1) is 5.39 Å². The van der Waals surface area contributed by atoms with E-state index in [1.807, 2.05) is 17.0 Å². The fourth-order valence-corrected chi connectivity index (χ4v) is 4.36. The molecule has 1 fully saturated rings. The number of carbonyl (C=O) groups excluding carboxylic acids is 1. The third kappa shape index (κ3) is 3.27. The van der Waals surface area contributed by atoms with Crippen LogP contribution in [0.1, 0.15) is 22.2 Å². The topological polar surface area (TPSA) is 49.3 Å².